The van der Waals surface area contributed by atoms with Gasteiger partial charge in [0.2, 0.25) is 0 Å². The van der Waals surface area contributed by atoms with Gasteiger partial charge in [-0.3, -0.25) is 0 Å². The number of nitrogens with two attached hydrogens (primary N) is 1. The molecular weight excluding hydrogens is 217 g/mol. The molecule has 1 aromatic heterocycles. The van der Waals surface area contributed by atoms with Gasteiger partial charge in [-0.1, -0.05) is 11.6 Å². The van der Waals surface area contributed by atoms with Gasteiger partial charge in [0.1, 0.15) is 5.15 Å². The van der Waals surface area contributed by atoms with Crippen molar-refractivity contribution in [2.24, 2.45) is 5.73 Å². The third-order valence-electron chi connectivity index (χ3n) is 0.989. The SMILES string of the molecule is Br.NCCn1cnc(Cl)c1. The average Bonchev–Trinajstić information content (AvgIpc) is 2.17. The Bertz CT molecular complexity index is 189. The lowest BCUT2D eigenvalue weighted by Crippen LogP contribution is -2.07. The van der Waals surface area contributed by atoms with Crippen LogP contribution < -0.4 is 5.73 Å². The Labute approximate surface area is 75.0 Å². The van der Waals surface area contributed by atoms with E-state index in [1.54, 1.807) is 12.5 Å². The molecule has 1 rings (SSSR count). The average molecular weight is 227 g/mol. The summed E-state index contributed by atoms with van der Waals surface area (Å²) in [5, 5.41) is 0.517. The van der Waals surface area contributed by atoms with Crippen molar-refractivity contribution in [2.75, 3.05) is 6.54 Å². The molecule has 1 heterocycles. The topological polar surface area (TPSA) is 43.8 Å². The maximum absolute atomic E-state index is 5.52. The Kier molecular flexibility index (Phi) is 4.68. The lowest BCUT2D eigenvalue weighted by Gasteiger charge is -1.93. The van der Waals surface area contributed by atoms with Crippen molar-refractivity contribution < 1.29 is 0 Å². The van der Waals surface area contributed by atoms with E-state index in [4.69, 9.17) is 17.3 Å². The first-order chi connectivity index (χ1) is 4.33. The Hall–Kier alpha value is -0.0600. The van der Waals surface area contributed by atoms with Crippen molar-refractivity contribution in [1.29, 1.82) is 0 Å². The van der Waals surface area contributed by atoms with Gasteiger partial charge in [-0.2, -0.15) is 0 Å². The highest BCUT2D eigenvalue weighted by Gasteiger charge is 1.90. The molecule has 0 radical (unpaired) electrons. The van der Waals surface area contributed by atoms with E-state index >= 15 is 0 Å². The van der Waals surface area contributed by atoms with Crippen molar-refractivity contribution in [1.82, 2.24) is 9.55 Å². The van der Waals surface area contributed by atoms with Gasteiger partial charge in [0.05, 0.1) is 6.33 Å². The summed E-state index contributed by atoms with van der Waals surface area (Å²) in [7, 11) is 0. The predicted octanol–water partition coefficient (Wildman–Crippen LogP) is 1.07. The molecule has 10 heavy (non-hydrogen) atoms. The third-order valence-corrected chi connectivity index (χ3v) is 1.18. The van der Waals surface area contributed by atoms with Gasteiger partial charge in [-0.05, 0) is 0 Å². The van der Waals surface area contributed by atoms with Crippen LogP contribution in [0.5, 0.6) is 0 Å². The summed E-state index contributed by atoms with van der Waals surface area (Å²) in [5.41, 5.74) is 5.28. The summed E-state index contributed by atoms with van der Waals surface area (Å²) in [6, 6.07) is 0. The number of nitrogens with zero attached hydrogens (tertiary/aromatic N) is 2. The van der Waals surface area contributed by atoms with E-state index in [0.717, 1.165) is 6.54 Å². The van der Waals surface area contributed by atoms with Crippen LogP contribution in [0.25, 0.3) is 0 Å². The van der Waals surface area contributed by atoms with Gasteiger partial charge in [-0.25, -0.2) is 4.98 Å². The minimum atomic E-state index is 0. The van der Waals surface area contributed by atoms with Crippen molar-refractivity contribution >= 4 is 28.6 Å². The van der Waals surface area contributed by atoms with Gasteiger partial charge < -0.3 is 10.3 Å². The van der Waals surface area contributed by atoms with E-state index in [-0.39, 0.29) is 17.0 Å². The second-order valence-corrected chi connectivity index (χ2v) is 2.11. The van der Waals surface area contributed by atoms with Crippen LogP contribution in [0.15, 0.2) is 12.5 Å². The molecular formula is C5H9BrClN3. The van der Waals surface area contributed by atoms with Crippen LogP contribution in [-0.4, -0.2) is 16.1 Å². The quantitative estimate of drug-likeness (QED) is 0.820. The molecule has 0 aliphatic rings. The van der Waals surface area contributed by atoms with Gasteiger partial charge >= 0.3 is 0 Å². The lowest BCUT2D eigenvalue weighted by molar-refractivity contribution is 0.708. The Morgan fingerprint density at radius 2 is 2.40 bits per heavy atom. The maximum atomic E-state index is 5.52. The molecule has 0 unspecified atom stereocenters. The fraction of sp³-hybridized carbons (Fsp3) is 0.400. The number of halogens is 2. The predicted molar refractivity (Wildman–Crippen MR) is 46.6 cm³/mol. The number of aromatic nitrogens is 2. The molecule has 0 atom stereocenters. The minimum Gasteiger partial charge on any atom is -0.335 e. The van der Waals surface area contributed by atoms with E-state index < -0.39 is 0 Å². The van der Waals surface area contributed by atoms with Crippen LogP contribution in [0, 0.1) is 0 Å². The standard InChI is InChI=1S/C5H8ClN3.BrH/c6-5-3-9(2-1-7)4-8-5;/h3-4H,1-2,7H2;1H. The summed E-state index contributed by atoms with van der Waals surface area (Å²) >= 11 is 5.52. The van der Waals surface area contributed by atoms with E-state index in [9.17, 15) is 0 Å². The van der Waals surface area contributed by atoms with Crippen LogP contribution in [-0.2, 0) is 6.54 Å². The molecule has 5 heteroatoms. The first-order valence-electron chi connectivity index (χ1n) is 2.70. The summed E-state index contributed by atoms with van der Waals surface area (Å²) in [6.07, 6.45) is 3.41. The largest absolute Gasteiger partial charge is 0.335 e. The number of rotatable bonds is 2. The third kappa shape index (κ3) is 2.68. The first kappa shape index (κ1) is 9.94. The molecule has 0 saturated carbocycles. The van der Waals surface area contributed by atoms with Crippen LogP contribution in [0.1, 0.15) is 0 Å². The number of hydrogen-bond acceptors (Lipinski definition) is 2. The van der Waals surface area contributed by atoms with Crippen LogP contribution in [0.2, 0.25) is 5.15 Å². The van der Waals surface area contributed by atoms with Gasteiger partial charge in [0, 0.05) is 19.3 Å². The fourth-order valence-corrected chi connectivity index (χ4v) is 0.773. The molecule has 0 saturated heterocycles. The molecule has 0 bridgehead atoms. The molecule has 0 fully saturated rings. The molecule has 0 aliphatic carbocycles. The molecule has 3 nitrogen and oxygen atoms in total. The molecule has 0 aliphatic heterocycles. The zero-order valence-electron chi connectivity index (χ0n) is 5.33. The second kappa shape index (κ2) is 4.71. The molecule has 1 aromatic rings. The van der Waals surface area contributed by atoms with E-state index in [1.165, 1.54) is 0 Å². The van der Waals surface area contributed by atoms with Gasteiger partial charge in [0.15, 0.2) is 0 Å². The van der Waals surface area contributed by atoms with Crippen LogP contribution in [0.4, 0.5) is 0 Å². The zero-order valence-corrected chi connectivity index (χ0v) is 7.80. The van der Waals surface area contributed by atoms with Gasteiger partial charge in [0.25, 0.3) is 0 Å². The Morgan fingerprint density at radius 3 is 2.80 bits per heavy atom. The van der Waals surface area contributed by atoms with Crippen LogP contribution >= 0.6 is 28.6 Å². The Balaban J connectivity index is 0.000000810. The molecule has 0 amide bonds. The summed E-state index contributed by atoms with van der Waals surface area (Å²) < 4.78 is 1.85. The molecule has 0 spiro atoms. The minimum absolute atomic E-state index is 0. The molecule has 0 aromatic carbocycles. The van der Waals surface area contributed by atoms with Crippen molar-refractivity contribution in [3.05, 3.63) is 17.7 Å². The maximum Gasteiger partial charge on any atom is 0.146 e. The van der Waals surface area contributed by atoms with Crippen LogP contribution in [0.3, 0.4) is 0 Å². The Morgan fingerprint density at radius 1 is 1.70 bits per heavy atom. The van der Waals surface area contributed by atoms with E-state index in [2.05, 4.69) is 4.98 Å². The lowest BCUT2D eigenvalue weighted by atomic mass is 10.6. The highest BCUT2D eigenvalue weighted by atomic mass is 79.9. The number of imidazole rings is 1. The summed E-state index contributed by atoms with van der Waals surface area (Å²) in [4.78, 5) is 3.81. The van der Waals surface area contributed by atoms with Crippen molar-refractivity contribution in [2.45, 2.75) is 6.54 Å². The zero-order chi connectivity index (χ0) is 6.69. The fourth-order valence-electron chi connectivity index (χ4n) is 0.604. The van der Waals surface area contributed by atoms with E-state index in [1.807, 2.05) is 4.57 Å². The van der Waals surface area contributed by atoms with Crippen molar-refractivity contribution in [3.8, 4) is 0 Å². The molecule has 2 N–H and O–H groups in total. The molecule has 58 valence electrons. The summed E-state index contributed by atoms with van der Waals surface area (Å²) in [5.74, 6) is 0. The highest BCUT2D eigenvalue weighted by molar-refractivity contribution is 8.93. The smallest absolute Gasteiger partial charge is 0.146 e. The monoisotopic (exact) mass is 225 g/mol. The second-order valence-electron chi connectivity index (χ2n) is 1.72. The van der Waals surface area contributed by atoms with E-state index in [0.29, 0.717) is 11.7 Å². The first-order valence-corrected chi connectivity index (χ1v) is 3.08. The summed E-state index contributed by atoms with van der Waals surface area (Å²) in [6.45, 7) is 1.40. The van der Waals surface area contributed by atoms with Crippen molar-refractivity contribution in [3.63, 3.8) is 0 Å². The number of hydrogen-bond donors (Lipinski definition) is 1. The highest BCUT2D eigenvalue weighted by Crippen LogP contribution is 2.01. The van der Waals surface area contributed by atoms with Gasteiger partial charge in [-0.15, -0.1) is 17.0 Å². The normalized spacial score (nSPS) is 9.00.